The molecule has 4 nitrogen and oxygen atoms in total. The molecular formula is C15H22I2N4. The zero-order valence-corrected chi connectivity index (χ0v) is 17.2. The second-order valence-electron chi connectivity index (χ2n) is 5.07. The van der Waals surface area contributed by atoms with Gasteiger partial charge in [0.15, 0.2) is 24.8 Å². The second-order valence-corrected chi connectivity index (χ2v) is 5.07. The van der Waals surface area contributed by atoms with E-state index in [1.54, 1.807) is 0 Å². The van der Waals surface area contributed by atoms with Crippen molar-refractivity contribution in [2.24, 2.45) is 0 Å². The highest BCUT2D eigenvalue weighted by Crippen LogP contribution is 2.06. The molecule has 116 valence electrons. The maximum atomic E-state index is 2.16. The molecule has 2 aromatic rings. The number of anilines is 2. The number of hydrogen-bond acceptors (Lipinski definition) is 2. The predicted molar refractivity (Wildman–Crippen MR) is 77.3 cm³/mol. The quantitative estimate of drug-likeness (QED) is 0.301. The topological polar surface area (TPSA) is 14.2 Å². The predicted octanol–water partition coefficient (Wildman–Crippen LogP) is -5.09. The van der Waals surface area contributed by atoms with Crippen LogP contribution in [0.25, 0.3) is 0 Å². The molecule has 6 heteroatoms. The summed E-state index contributed by atoms with van der Waals surface area (Å²) < 4.78 is 4.31. The van der Waals surface area contributed by atoms with Crippen molar-refractivity contribution in [2.45, 2.75) is 6.67 Å². The zero-order chi connectivity index (χ0) is 13.8. The van der Waals surface area contributed by atoms with E-state index in [1.165, 1.54) is 11.4 Å². The third-order valence-electron chi connectivity index (χ3n) is 3.11. The Labute approximate surface area is 161 Å². The lowest BCUT2D eigenvalue weighted by Gasteiger charge is -2.10. The summed E-state index contributed by atoms with van der Waals surface area (Å²) in [6.07, 6.45) is 8.40. The molecule has 0 spiro atoms. The molecule has 0 amide bonds. The number of hydrogen-bond donors (Lipinski definition) is 0. The van der Waals surface area contributed by atoms with Gasteiger partial charge in [0.05, 0.1) is 0 Å². The molecule has 0 aromatic carbocycles. The van der Waals surface area contributed by atoms with Crippen LogP contribution in [0.2, 0.25) is 0 Å². The van der Waals surface area contributed by atoms with Crippen LogP contribution in [-0.2, 0) is 6.67 Å². The standard InChI is InChI=1S/C15H22N4.2HI/c1-16(2)14-5-9-18(10-6-14)13-19-11-7-15(8-12-19)17(3)4;;/h5-12H,13H2,1-4H3;2*1H/q+2;;/p-2. The summed E-state index contributed by atoms with van der Waals surface area (Å²) in [5.74, 6) is 0. The molecule has 0 radical (unpaired) electrons. The number of pyridine rings is 2. The van der Waals surface area contributed by atoms with Crippen molar-refractivity contribution in [2.75, 3.05) is 38.0 Å². The lowest BCUT2D eigenvalue weighted by molar-refractivity contribution is -0.913. The first-order valence-corrected chi connectivity index (χ1v) is 6.39. The van der Waals surface area contributed by atoms with E-state index < -0.39 is 0 Å². The van der Waals surface area contributed by atoms with E-state index in [2.05, 4.69) is 68.0 Å². The largest absolute Gasteiger partial charge is 1.00 e. The van der Waals surface area contributed by atoms with Gasteiger partial charge in [-0.2, -0.15) is 0 Å². The van der Waals surface area contributed by atoms with Crippen LogP contribution >= 0.6 is 0 Å². The van der Waals surface area contributed by atoms with Gasteiger partial charge < -0.3 is 57.8 Å². The first-order chi connectivity index (χ1) is 9.06. The fourth-order valence-electron chi connectivity index (χ4n) is 1.87. The first kappa shape index (κ1) is 20.4. The van der Waals surface area contributed by atoms with E-state index in [-0.39, 0.29) is 48.0 Å². The van der Waals surface area contributed by atoms with Crippen LogP contribution in [0.1, 0.15) is 0 Å². The number of halogens is 2. The Morgan fingerprint density at radius 3 is 1.19 bits per heavy atom. The van der Waals surface area contributed by atoms with Crippen molar-refractivity contribution < 1.29 is 57.1 Å². The van der Waals surface area contributed by atoms with Crippen molar-refractivity contribution in [3.05, 3.63) is 49.1 Å². The van der Waals surface area contributed by atoms with Crippen LogP contribution in [0.5, 0.6) is 0 Å². The molecule has 0 aliphatic heterocycles. The highest BCUT2D eigenvalue weighted by Gasteiger charge is 2.08. The molecule has 0 bridgehead atoms. The average molecular weight is 512 g/mol. The van der Waals surface area contributed by atoms with E-state index in [0.29, 0.717) is 0 Å². The number of rotatable bonds is 4. The Bertz CT molecular complexity index is 475. The zero-order valence-electron chi connectivity index (χ0n) is 12.9. The van der Waals surface area contributed by atoms with Gasteiger partial charge in [-0.05, 0) is 0 Å². The normalized spacial score (nSPS) is 9.33. The van der Waals surface area contributed by atoms with E-state index in [1.807, 2.05) is 28.2 Å². The van der Waals surface area contributed by atoms with Crippen molar-refractivity contribution in [3.63, 3.8) is 0 Å². The fourth-order valence-corrected chi connectivity index (χ4v) is 1.87. The molecule has 0 atom stereocenters. The fraction of sp³-hybridized carbons (Fsp3) is 0.333. The molecule has 0 fully saturated rings. The molecule has 2 rings (SSSR count). The monoisotopic (exact) mass is 512 g/mol. The summed E-state index contributed by atoms with van der Waals surface area (Å²) >= 11 is 0. The maximum absolute atomic E-state index is 2.16. The van der Waals surface area contributed by atoms with Crippen molar-refractivity contribution in [1.82, 2.24) is 0 Å². The summed E-state index contributed by atoms with van der Waals surface area (Å²) in [5, 5.41) is 0. The van der Waals surface area contributed by atoms with E-state index in [0.717, 1.165) is 6.67 Å². The van der Waals surface area contributed by atoms with E-state index in [4.69, 9.17) is 0 Å². The van der Waals surface area contributed by atoms with Gasteiger partial charge in [0.2, 0.25) is 0 Å². The van der Waals surface area contributed by atoms with Crippen molar-refractivity contribution in [3.8, 4) is 0 Å². The van der Waals surface area contributed by atoms with Gasteiger partial charge >= 0.3 is 6.67 Å². The molecular weight excluding hydrogens is 490 g/mol. The second kappa shape index (κ2) is 9.39. The maximum Gasteiger partial charge on any atom is 0.343 e. The lowest BCUT2D eigenvalue weighted by Crippen LogP contribution is -3.00. The van der Waals surface area contributed by atoms with Gasteiger partial charge in [0.25, 0.3) is 0 Å². The van der Waals surface area contributed by atoms with Gasteiger partial charge in [0.1, 0.15) is 0 Å². The summed E-state index contributed by atoms with van der Waals surface area (Å²) in [6.45, 7) is 0.821. The SMILES string of the molecule is CN(C)c1cc[n+](C[n+]2ccc(N(C)C)cc2)cc1.[I-].[I-]. The third kappa shape index (κ3) is 5.93. The molecule has 2 heterocycles. The summed E-state index contributed by atoms with van der Waals surface area (Å²) in [7, 11) is 8.20. The molecule has 0 unspecified atom stereocenters. The van der Waals surface area contributed by atoms with Crippen LogP contribution in [0.15, 0.2) is 49.1 Å². The molecule has 0 saturated heterocycles. The first-order valence-electron chi connectivity index (χ1n) is 6.39. The highest BCUT2D eigenvalue weighted by molar-refractivity contribution is 5.42. The van der Waals surface area contributed by atoms with Crippen molar-refractivity contribution in [1.29, 1.82) is 0 Å². The van der Waals surface area contributed by atoms with Crippen LogP contribution in [-0.4, -0.2) is 28.2 Å². The van der Waals surface area contributed by atoms with Gasteiger partial charge in [0, 0.05) is 63.8 Å². The smallest absolute Gasteiger partial charge is 0.343 e. The Morgan fingerprint density at radius 2 is 0.952 bits per heavy atom. The van der Waals surface area contributed by atoms with Crippen molar-refractivity contribution >= 4 is 11.4 Å². The number of nitrogens with zero attached hydrogens (tertiary/aromatic N) is 4. The summed E-state index contributed by atoms with van der Waals surface area (Å²) in [5.41, 5.74) is 2.42. The molecule has 0 aliphatic carbocycles. The minimum absolute atomic E-state index is 0. The third-order valence-corrected chi connectivity index (χ3v) is 3.11. The van der Waals surface area contributed by atoms with Gasteiger partial charge in [-0.3, -0.25) is 0 Å². The molecule has 0 N–H and O–H groups in total. The van der Waals surface area contributed by atoms with Gasteiger partial charge in [-0.1, -0.05) is 0 Å². The minimum Gasteiger partial charge on any atom is -1.00 e. The Kier molecular flexibility index (Phi) is 9.11. The summed E-state index contributed by atoms with van der Waals surface area (Å²) in [4.78, 5) is 4.20. The van der Waals surface area contributed by atoms with Gasteiger partial charge in [-0.25, -0.2) is 0 Å². The Hall–Kier alpha value is -0.640. The molecule has 0 aliphatic rings. The van der Waals surface area contributed by atoms with Crippen LogP contribution < -0.4 is 66.9 Å². The van der Waals surface area contributed by atoms with Crippen LogP contribution in [0.4, 0.5) is 11.4 Å². The Morgan fingerprint density at radius 1 is 0.667 bits per heavy atom. The average Bonchev–Trinajstić information content (AvgIpc) is 2.40. The number of aromatic nitrogens is 2. The van der Waals surface area contributed by atoms with Gasteiger partial charge in [-0.15, -0.1) is 9.13 Å². The minimum atomic E-state index is 0. The highest BCUT2D eigenvalue weighted by atomic mass is 127. The molecule has 21 heavy (non-hydrogen) atoms. The lowest BCUT2D eigenvalue weighted by atomic mass is 10.4. The Balaban J connectivity index is 0.00000200. The van der Waals surface area contributed by atoms with E-state index >= 15 is 0 Å². The molecule has 0 saturated carbocycles. The molecule has 2 aromatic heterocycles. The van der Waals surface area contributed by atoms with Crippen LogP contribution in [0.3, 0.4) is 0 Å². The summed E-state index contributed by atoms with van der Waals surface area (Å²) in [6, 6.07) is 8.48. The van der Waals surface area contributed by atoms with E-state index in [9.17, 15) is 0 Å². The van der Waals surface area contributed by atoms with Crippen LogP contribution in [0, 0.1) is 0 Å².